The van der Waals surface area contributed by atoms with Crippen LogP contribution in [-0.2, 0) is 11.8 Å². The van der Waals surface area contributed by atoms with E-state index in [9.17, 15) is 4.79 Å². The third kappa shape index (κ3) is 2.29. The first-order chi connectivity index (χ1) is 9.89. The Morgan fingerprint density at radius 3 is 2.86 bits per heavy atom. The summed E-state index contributed by atoms with van der Waals surface area (Å²) in [5, 5.41) is 4.15. The van der Waals surface area contributed by atoms with Crippen LogP contribution in [0.15, 0.2) is 18.2 Å². The van der Waals surface area contributed by atoms with Gasteiger partial charge in [0.15, 0.2) is 0 Å². The van der Waals surface area contributed by atoms with Crippen molar-refractivity contribution in [1.29, 1.82) is 0 Å². The van der Waals surface area contributed by atoms with Crippen LogP contribution in [0, 0.1) is 0 Å². The molecule has 0 bridgehead atoms. The first-order valence-electron chi connectivity index (χ1n) is 6.91. The van der Waals surface area contributed by atoms with Crippen molar-refractivity contribution >= 4 is 28.8 Å². The molecular formula is C15H18N4OS. The van der Waals surface area contributed by atoms with Crippen LogP contribution in [-0.4, -0.2) is 22.0 Å². The molecule has 2 aromatic rings. The van der Waals surface area contributed by atoms with Gasteiger partial charge in [-0.25, -0.2) is 0 Å². The quantitative estimate of drug-likeness (QED) is 0.822. The van der Waals surface area contributed by atoms with E-state index < -0.39 is 0 Å². The lowest BCUT2D eigenvalue weighted by Crippen LogP contribution is -2.31. The van der Waals surface area contributed by atoms with Gasteiger partial charge in [-0.3, -0.25) is 4.79 Å². The molecule has 0 atom stereocenters. The number of hydrogen-bond donors (Lipinski definition) is 1. The minimum absolute atomic E-state index is 0.0495. The van der Waals surface area contributed by atoms with Gasteiger partial charge in [0.2, 0.25) is 0 Å². The molecule has 1 aliphatic rings. The Labute approximate surface area is 127 Å². The van der Waals surface area contributed by atoms with Gasteiger partial charge in [0, 0.05) is 12.0 Å². The molecule has 110 valence electrons. The molecule has 5 nitrogen and oxygen atoms in total. The van der Waals surface area contributed by atoms with Crippen LogP contribution < -0.4 is 10.6 Å². The SMILES string of the molecule is CC(C)(C)c1nnsc1C(=O)N1CCc2cccc(N)c21. The first kappa shape index (κ1) is 14.0. The first-order valence-corrected chi connectivity index (χ1v) is 7.69. The molecule has 2 N–H and O–H groups in total. The number of rotatable bonds is 1. The lowest BCUT2D eigenvalue weighted by atomic mass is 9.91. The summed E-state index contributed by atoms with van der Waals surface area (Å²) in [6, 6.07) is 5.78. The van der Waals surface area contributed by atoms with Crippen LogP contribution in [0.25, 0.3) is 0 Å². The molecule has 0 aliphatic carbocycles. The smallest absolute Gasteiger partial charge is 0.272 e. The van der Waals surface area contributed by atoms with E-state index in [1.54, 1.807) is 4.90 Å². The minimum atomic E-state index is -0.206. The zero-order chi connectivity index (χ0) is 15.2. The summed E-state index contributed by atoms with van der Waals surface area (Å²) in [5.41, 5.74) is 9.21. The van der Waals surface area contributed by atoms with Gasteiger partial charge in [-0.05, 0) is 29.6 Å². The van der Waals surface area contributed by atoms with E-state index in [1.165, 1.54) is 0 Å². The summed E-state index contributed by atoms with van der Waals surface area (Å²) < 4.78 is 3.97. The average molecular weight is 302 g/mol. The molecule has 0 saturated carbocycles. The van der Waals surface area contributed by atoms with E-state index in [-0.39, 0.29) is 11.3 Å². The van der Waals surface area contributed by atoms with E-state index in [2.05, 4.69) is 9.59 Å². The topological polar surface area (TPSA) is 72.1 Å². The molecule has 0 unspecified atom stereocenters. The second-order valence-corrected chi connectivity index (χ2v) is 7.02. The van der Waals surface area contributed by atoms with Crippen LogP contribution in [0.3, 0.4) is 0 Å². The number of nitrogens with two attached hydrogens (primary N) is 1. The van der Waals surface area contributed by atoms with Crippen LogP contribution >= 0.6 is 11.5 Å². The van der Waals surface area contributed by atoms with Gasteiger partial charge in [-0.15, -0.1) is 5.10 Å². The van der Waals surface area contributed by atoms with Gasteiger partial charge < -0.3 is 10.6 Å². The number of carbonyl (C=O) groups excluding carboxylic acids is 1. The van der Waals surface area contributed by atoms with Crippen molar-refractivity contribution < 1.29 is 4.79 Å². The molecule has 0 spiro atoms. The molecule has 6 heteroatoms. The van der Waals surface area contributed by atoms with Gasteiger partial charge in [0.25, 0.3) is 5.91 Å². The largest absolute Gasteiger partial charge is 0.397 e. The molecule has 3 rings (SSSR count). The zero-order valence-electron chi connectivity index (χ0n) is 12.4. The maximum Gasteiger partial charge on any atom is 0.272 e. The maximum absolute atomic E-state index is 12.9. The van der Waals surface area contributed by atoms with Crippen molar-refractivity contribution in [3.63, 3.8) is 0 Å². The van der Waals surface area contributed by atoms with Gasteiger partial charge in [-0.1, -0.05) is 37.4 Å². The van der Waals surface area contributed by atoms with Gasteiger partial charge in [0.05, 0.1) is 17.1 Å². The molecular weight excluding hydrogens is 284 g/mol. The summed E-state index contributed by atoms with van der Waals surface area (Å²) in [7, 11) is 0. The summed E-state index contributed by atoms with van der Waals surface area (Å²) >= 11 is 1.16. The van der Waals surface area contributed by atoms with Crippen molar-refractivity contribution in [3.8, 4) is 0 Å². The van der Waals surface area contributed by atoms with E-state index in [1.807, 2.05) is 39.0 Å². The highest BCUT2D eigenvalue weighted by atomic mass is 32.1. The Morgan fingerprint density at radius 1 is 1.38 bits per heavy atom. The molecule has 0 fully saturated rings. The number of fused-ring (bicyclic) bond motifs is 1. The Kier molecular flexibility index (Phi) is 3.20. The fourth-order valence-corrected chi connectivity index (χ4v) is 3.46. The number of benzene rings is 1. The molecule has 21 heavy (non-hydrogen) atoms. The van der Waals surface area contributed by atoms with E-state index >= 15 is 0 Å². The number of aromatic nitrogens is 2. The highest BCUT2D eigenvalue weighted by molar-refractivity contribution is 7.08. The van der Waals surface area contributed by atoms with Gasteiger partial charge in [-0.2, -0.15) is 0 Å². The van der Waals surface area contributed by atoms with E-state index in [0.29, 0.717) is 17.1 Å². The fourth-order valence-electron chi connectivity index (χ4n) is 2.63. The van der Waals surface area contributed by atoms with Crippen molar-refractivity contribution in [1.82, 2.24) is 9.59 Å². The van der Waals surface area contributed by atoms with Gasteiger partial charge >= 0.3 is 0 Å². The van der Waals surface area contributed by atoms with Crippen molar-refractivity contribution in [2.75, 3.05) is 17.2 Å². The number of para-hydroxylation sites is 1. The summed E-state index contributed by atoms with van der Waals surface area (Å²) in [6.45, 7) is 6.76. The summed E-state index contributed by atoms with van der Waals surface area (Å²) in [5.74, 6) is -0.0495. The average Bonchev–Trinajstić information content (AvgIpc) is 3.04. The normalized spacial score (nSPS) is 14.3. The van der Waals surface area contributed by atoms with Gasteiger partial charge in [0.1, 0.15) is 4.88 Å². The lowest BCUT2D eigenvalue weighted by molar-refractivity contribution is 0.0991. The number of carbonyl (C=O) groups is 1. The van der Waals surface area contributed by atoms with Crippen molar-refractivity contribution in [2.45, 2.75) is 32.6 Å². The third-order valence-corrected chi connectivity index (χ3v) is 4.38. The molecule has 1 aliphatic heterocycles. The number of nitrogen functional groups attached to an aromatic ring is 1. The minimum Gasteiger partial charge on any atom is -0.397 e. The number of nitrogens with zero attached hydrogens (tertiary/aromatic N) is 3. The Morgan fingerprint density at radius 2 is 2.14 bits per heavy atom. The van der Waals surface area contributed by atoms with Crippen LogP contribution in [0.5, 0.6) is 0 Å². The highest BCUT2D eigenvalue weighted by Gasteiger charge is 2.33. The fraction of sp³-hybridized carbons (Fsp3) is 0.400. The Bertz CT molecular complexity index is 702. The monoisotopic (exact) mass is 302 g/mol. The van der Waals surface area contributed by atoms with E-state index in [0.717, 1.165) is 34.9 Å². The lowest BCUT2D eigenvalue weighted by Gasteiger charge is -2.21. The number of hydrogen-bond acceptors (Lipinski definition) is 5. The number of amides is 1. The highest BCUT2D eigenvalue weighted by Crippen LogP contribution is 2.36. The van der Waals surface area contributed by atoms with Crippen LogP contribution in [0.1, 0.15) is 41.7 Å². The molecule has 1 aromatic carbocycles. The van der Waals surface area contributed by atoms with Crippen molar-refractivity contribution in [3.05, 3.63) is 34.3 Å². The molecule has 0 saturated heterocycles. The zero-order valence-corrected chi connectivity index (χ0v) is 13.2. The second-order valence-electron chi connectivity index (χ2n) is 6.26. The molecule has 2 heterocycles. The third-order valence-electron chi connectivity index (χ3n) is 3.66. The Balaban J connectivity index is 2.02. The molecule has 1 aromatic heterocycles. The predicted octanol–water partition coefficient (Wildman–Crippen LogP) is 2.62. The predicted molar refractivity (Wildman–Crippen MR) is 84.8 cm³/mol. The standard InChI is InChI=1S/C15H18N4OS/c1-15(2,3)13-12(21-18-17-13)14(20)19-8-7-9-5-4-6-10(16)11(9)19/h4-6H,7-8,16H2,1-3H3. The van der Waals surface area contributed by atoms with Crippen molar-refractivity contribution in [2.24, 2.45) is 0 Å². The Hall–Kier alpha value is -1.95. The second kappa shape index (κ2) is 4.80. The summed E-state index contributed by atoms with van der Waals surface area (Å²) in [4.78, 5) is 15.3. The maximum atomic E-state index is 12.9. The molecule has 0 radical (unpaired) electrons. The molecule has 1 amide bonds. The summed E-state index contributed by atoms with van der Waals surface area (Å²) in [6.07, 6.45) is 0.837. The van der Waals surface area contributed by atoms with E-state index in [4.69, 9.17) is 5.73 Å². The number of anilines is 2. The van der Waals surface area contributed by atoms with Crippen LogP contribution in [0.4, 0.5) is 11.4 Å². The van der Waals surface area contributed by atoms with Crippen LogP contribution in [0.2, 0.25) is 0 Å².